The number of rotatable bonds is 6. The van der Waals surface area contributed by atoms with E-state index in [4.69, 9.17) is 9.26 Å². The summed E-state index contributed by atoms with van der Waals surface area (Å²) in [6.45, 7) is 5.84. The number of carbonyl (C=O) groups excluding carboxylic acids is 2. The third-order valence-electron chi connectivity index (χ3n) is 3.92. The van der Waals surface area contributed by atoms with Gasteiger partial charge in [-0.05, 0) is 38.3 Å². The Morgan fingerprint density at radius 3 is 2.77 bits per heavy atom. The Morgan fingerprint density at radius 2 is 2.12 bits per heavy atom. The average Bonchev–Trinajstić information content (AvgIpc) is 3.31. The molecule has 7 nitrogen and oxygen atoms in total. The number of anilines is 1. The van der Waals surface area contributed by atoms with E-state index in [1.807, 2.05) is 25.3 Å². The minimum atomic E-state index is -0.526. The van der Waals surface area contributed by atoms with Crippen molar-refractivity contribution in [2.45, 2.75) is 27.3 Å². The van der Waals surface area contributed by atoms with E-state index in [9.17, 15) is 9.59 Å². The van der Waals surface area contributed by atoms with Crippen LogP contribution in [0.25, 0.3) is 0 Å². The summed E-state index contributed by atoms with van der Waals surface area (Å²) in [7, 11) is 0. The van der Waals surface area contributed by atoms with Gasteiger partial charge in [-0.2, -0.15) is 0 Å². The van der Waals surface area contributed by atoms with Crippen LogP contribution in [0.2, 0.25) is 0 Å². The topological polar surface area (TPSA) is 86.4 Å². The maximum absolute atomic E-state index is 12.3. The molecule has 0 saturated carbocycles. The van der Waals surface area contributed by atoms with Gasteiger partial charge in [0.25, 0.3) is 5.91 Å². The smallest absolute Gasteiger partial charge is 0.340 e. The summed E-state index contributed by atoms with van der Waals surface area (Å²) in [6, 6.07) is 7.41. The molecule has 26 heavy (non-hydrogen) atoms. The van der Waals surface area contributed by atoms with E-state index in [0.29, 0.717) is 17.9 Å². The third kappa shape index (κ3) is 4.02. The highest BCUT2D eigenvalue weighted by Crippen LogP contribution is 2.20. The molecule has 0 unspecified atom stereocenters. The molecule has 1 amide bonds. The number of nitrogens with zero attached hydrogens (tertiary/aromatic N) is 2. The molecule has 3 heterocycles. The zero-order valence-electron chi connectivity index (χ0n) is 14.7. The Kier molecular flexibility index (Phi) is 5.22. The summed E-state index contributed by atoms with van der Waals surface area (Å²) < 4.78 is 12.0. The summed E-state index contributed by atoms with van der Waals surface area (Å²) >= 11 is 1.67. The van der Waals surface area contributed by atoms with Gasteiger partial charge >= 0.3 is 5.97 Å². The molecule has 1 N–H and O–H groups in total. The number of carbonyl (C=O) groups is 2. The molecule has 0 aliphatic rings. The molecule has 0 bridgehead atoms. The number of hydrogen-bond acceptors (Lipinski definition) is 6. The van der Waals surface area contributed by atoms with E-state index in [2.05, 4.69) is 21.1 Å². The number of nitrogens with one attached hydrogen (secondary N) is 1. The van der Waals surface area contributed by atoms with Crippen molar-refractivity contribution in [1.82, 2.24) is 9.72 Å². The van der Waals surface area contributed by atoms with Crippen molar-refractivity contribution < 1.29 is 18.8 Å². The van der Waals surface area contributed by atoms with Crippen LogP contribution in [0, 0.1) is 20.8 Å². The molecule has 3 aromatic heterocycles. The lowest BCUT2D eigenvalue weighted by atomic mass is 10.2. The third-order valence-corrected chi connectivity index (χ3v) is 4.78. The van der Waals surface area contributed by atoms with Gasteiger partial charge < -0.3 is 19.1 Å². The molecule has 136 valence electrons. The second-order valence-corrected chi connectivity index (χ2v) is 6.93. The molecule has 0 spiro atoms. The number of hydrogen-bond donors (Lipinski definition) is 1. The summed E-state index contributed by atoms with van der Waals surface area (Å²) in [5.74, 6) is -0.130. The number of amides is 1. The molecular weight excluding hydrogens is 354 g/mol. The van der Waals surface area contributed by atoms with E-state index in [0.717, 1.165) is 11.4 Å². The van der Waals surface area contributed by atoms with Gasteiger partial charge in [-0.25, -0.2) is 4.79 Å². The first-order valence-corrected chi connectivity index (χ1v) is 8.91. The predicted molar refractivity (Wildman–Crippen MR) is 97.5 cm³/mol. The van der Waals surface area contributed by atoms with Crippen LogP contribution < -0.4 is 5.32 Å². The lowest BCUT2D eigenvalue weighted by Crippen LogP contribution is -2.21. The molecule has 3 rings (SSSR count). The molecule has 3 aromatic rings. The minimum Gasteiger partial charge on any atom is -0.452 e. The van der Waals surface area contributed by atoms with Crippen molar-refractivity contribution in [3.05, 3.63) is 57.2 Å². The molecule has 8 heteroatoms. The van der Waals surface area contributed by atoms with Crippen LogP contribution in [0.4, 0.5) is 5.82 Å². The maximum Gasteiger partial charge on any atom is 0.340 e. The van der Waals surface area contributed by atoms with Crippen molar-refractivity contribution in [2.75, 3.05) is 11.9 Å². The normalized spacial score (nSPS) is 10.7. The number of thiophene rings is 1. The quantitative estimate of drug-likeness (QED) is 0.670. The van der Waals surface area contributed by atoms with Crippen LogP contribution in [0.15, 0.2) is 34.2 Å². The van der Waals surface area contributed by atoms with E-state index >= 15 is 0 Å². The Balaban J connectivity index is 1.61. The first-order chi connectivity index (χ1) is 12.4. The maximum atomic E-state index is 12.3. The summed E-state index contributed by atoms with van der Waals surface area (Å²) in [6.07, 6.45) is 0. The molecule has 0 aliphatic heterocycles. The molecule has 0 aromatic carbocycles. The number of ether oxygens (including phenoxy) is 1. The van der Waals surface area contributed by atoms with Crippen LogP contribution >= 0.6 is 11.3 Å². The highest BCUT2D eigenvalue weighted by molar-refractivity contribution is 7.09. The lowest BCUT2D eigenvalue weighted by molar-refractivity contribution is -0.119. The van der Waals surface area contributed by atoms with Crippen LogP contribution in [0.5, 0.6) is 0 Å². The molecule has 0 saturated heterocycles. The van der Waals surface area contributed by atoms with Crippen molar-refractivity contribution >= 4 is 29.0 Å². The van der Waals surface area contributed by atoms with Crippen LogP contribution in [-0.2, 0) is 16.1 Å². The largest absolute Gasteiger partial charge is 0.452 e. The Bertz CT molecular complexity index is 925. The van der Waals surface area contributed by atoms with E-state index in [-0.39, 0.29) is 12.4 Å². The monoisotopic (exact) mass is 373 g/mol. The number of esters is 1. The van der Waals surface area contributed by atoms with Crippen molar-refractivity contribution in [3.8, 4) is 0 Å². The van der Waals surface area contributed by atoms with Gasteiger partial charge in [-0.1, -0.05) is 11.2 Å². The Labute approximate surface area is 154 Å². The molecule has 0 radical (unpaired) electrons. The van der Waals surface area contributed by atoms with Gasteiger partial charge in [0.2, 0.25) is 0 Å². The summed E-state index contributed by atoms with van der Waals surface area (Å²) in [4.78, 5) is 25.4. The van der Waals surface area contributed by atoms with Gasteiger partial charge in [0.1, 0.15) is 5.76 Å². The van der Waals surface area contributed by atoms with Crippen molar-refractivity contribution in [2.24, 2.45) is 0 Å². The molecule has 0 aliphatic carbocycles. The van der Waals surface area contributed by atoms with E-state index in [1.165, 1.54) is 4.88 Å². The van der Waals surface area contributed by atoms with Gasteiger partial charge in [0.15, 0.2) is 12.4 Å². The predicted octanol–water partition coefficient (Wildman–Crippen LogP) is 3.31. The first-order valence-electron chi connectivity index (χ1n) is 8.03. The zero-order chi connectivity index (χ0) is 18.7. The van der Waals surface area contributed by atoms with Crippen LogP contribution in [-0.4, -0.2) is 28.2 Å². The van der Waals surface area contributed by atoms with Gasteiger partial charge in [0, 0.05) is 22.3 Å². The second-order valence-electron chi connectivity index (χ2n) is 5.90. The van der Waals surface area contributed by atoms with Gasteiger partial charge in [-0.15, -0.1) is 11.3 Å². The van der Waals surface area contributed by atoms with Gasteiger partial charge in [0.05, 0.1) is 12.1 Å². The zero-order valence-corrected chi connectivity index (χ0v) is 15.6. The van der Waals surface area contributed by atoms with Crippen LogP contribution in [0.1, 0.15) is 32.4 Å². The molecule has 0 fully saturated rings. The Morgan fingerprint density at radius 1 is 1.31 bits per heavy atom. The number of aryl methyl sites for hydroxylation is 2. The highest BCUT2D eigenvalue weighted by Gasteiger charge is 2.18. The van der Waals surface area contributed by atoms with Crippen molar-refractivity contribution in [1.29, 1.82) is 0 Å². The van der Waals surface area contributed by atoms with Crippen LogP contribution in [0.3, 0.4) is 0 Å². The minimum absolute atomic E-state index is 0.290. The average molecular weight is 373 g/mol. The van der Waals surface area contributed by atoms with Crippen molar-refractivity contribution in [3.63, 3.8) is 0 Å². The molecule has 0 atom stereocenters. The fraction of sp³-hybridized carbons (Fsp3) is 0.278. The Hall–Kier alpha value is -2.87. The molecular formula is C18H19N3O4S. The van der Waals surface area contributed by atoms with Gasteiger partial charge in [-0.3, -0.25) is 4.79 Å². The fourth-order valence-electron chi connectivity index (χ4n) is 2.62. The fourth-order valence-corrected chi connectivity index (χ4v) is 3.32. The second kappa shape index (κ2) is 7.57. The standard InChI is InChI=1S/C18H19N3O4S/c1-11-7-15(13(3)21(11)9-14-5-4-6-26-14)18(23)24-10-17(22)19-16-8-12(2)25-20-16/h4-8H,9-10H2,1-3H3,(H,19,20,22). The van der Waals surface area contributed by atoms with E-state index < -0.39 is 11.9 Å². The van der Waals surface area contributed by atoms with E-state index in [1.54, 1.807) is 30.4 Å². The lowest BCUT2D eigenvalue weighted by Gasteiger charge is -2.08. The SMILES string of the molecule is Cc1cc(NC(=O)COC(=O)c2cc(C)n(Cc3cccs3)c2C)no1. The first kappa shape index (κ1) is 17.9. The summed E-state index contributed by atoms with van der Waals surface area (Å²) in [5.41, 5.74) is 2.24. The summed E-state index contributed by atoms with van der Waals surface area (Å²) in [5, 5.41) is 8.18. The highest BCUT2D eigenvalue weighted by atomic mass is 32.1. The number of aromatic nitrogens is 2.